The Morgan fingerprint density at radius 2 is 1.61 bits per heavy atom. The summed E-state index contributed by atoms with van der Waals surface area (Å²) in [5.41, 5.74) is 1.56. The zero-order valence-corrected chi connectivity index (χ0v) is 18.0. The molecule has 0 amide bonds. The van der Waals surface area contributed by atoms with Crippen LogP contribution in [0.3, 0.4) is 0 Å². The summed E-state index contributed by atoms with van der Waals surface area (Å²) in [5, 5.41) is 0. The van der Waals surface area contributed by atoms with Crippen LogP contribution in [0, 0.1) is 35.2 Å². The molecule has 0 aliphatic heterocycles. The number of halogens is 5. The Bertz CT molecular complexity index is 770. The highest BCUT2D eigenvalue weighted by molar-refractivity contribution is 5.25. The fourth-order valence-electron chi connectivity index (χ4n) is 4.51. The van der Waals surface area contributed by atoms with Gasteiger partial charge in [-0.3, -0.25) is 0 Å². The summed E-state index contributed by atoms with van der Waals surface area (Å²) >= 11 is 0. The molecule has 1 aromatic rings. The number of hydrogen-bond acceptors (Lipinski definition) is 1. The fourth-order valence-corrected chi connectivity index (χ4v) is 4.51. The van der Waals surface area contributed by atoms with Gasteiger partial charge in [-0.15, -0.1) is 0 Å². The predicted octanol–water partition coefficient (Wildman–Crippen LogP) is 8.35. The van der Waals surface area contributed by atoms with Crippen LogP contribution >= 0.6 is 0 Å². The molecule has 0 aromatic heterocycles. The summed E-state index contributed by atoms with van der Waals surface area (Å²) in [4.78, 5) is 0. The maximum atomic E-state index is 14.5. The first kappa shape index (κ1) is 23.8. The van der Waals surface area contributed by atoms with Crippen LogP contribution in [0.1, 0.15) is 71.1 Å². The zero-order valence-electron chi connectivity index (χ0n) is 18.0. The number of ether oxygens (including phenoxy) is 1. The molecule has 1 aromatic carbocycles. The third-order valence-corrected chi connectivity index (χ3v) is 6.51. The third kappa shape index (κ3) is 6.56. The molecule has 1 unspecified atom stereocenters. The molecule has 0 spiro atoms. The van der Waals surface area contributed by atoms with Crippen molar-refractivity contribution in [1.29, 1.82) is 0 Å². The first-order valence-electron chi connectivity index (χ1n) is 11.4. The van der Waals surface area contributed by atoms with Gasteiger partial charge in [-0.2, -0.15) is 8.78 Å². The molecule has 0 radical (unpaired) electrons. The minimum absolute atomic E-state index is 0.262. The van der Waals surface area contributed by atoms with E-state index < -0.39 is 35.2 Å². The van der Waals surface area contributed by atoms with Gasteiger partial charge in [0.1, 0.15) is 5.75 Å². The van der Waals surface area contributed by atoms with Gasteiger partial charge in [0.25, 0.3) is 0 Å². The largest absolute Gasteiger partial charge is 0.432 e. The minimum atomic E-state index is -3.56. The maximum absolute atomic E-state index is 14.5. The van der Waals surface area contributed by atoms with Crippen LogP contribution in [0.15, 0.2) is 35.9 Å². The smallest absolute Gasteiger partial charge is 0.400 e. The Kier molecular flexibility index (Phi) is 8.17. The molecule has 0 saturated heterocycles. The van der Waals surface area contributed by atoms with E-state index >= 15 is 0 Å². The average Bonchev–Trinajstić information content (AvgIpc) is 2.75. The molecular weight excluding hydrogens is 411 g/mol. The highest BCUT2D eigenvalue weighted by Gasteiger charge is 2.44. The molecule has 2 aliphatic carbocycles. The molecular formula is C25H31F5O. The van der Waals surface area contributed by atoms with Gasteiger partial charge in [-0.05, 0) is 69.6 Å². The van der Waals surface area contributed by atoms with Crippen molar-refractivity contribution in [2.45, 2.75) is 77.2 Å². The summed E-state index contributed by atoms with van der Waals surface area (Å²) in [6.07, 6.45) is 12.0. The summed E-state index contributed by atoms with van der Waals surface area (Å²) in [5.74, 6) is -5.74. The third-order valence-electron chi connectivity index (χ3n) is 6.51. The van der Waals surface area contributed by atoms with Crippen molar-refractivity contribution in [3.05, 3.63) is 53.4 Å². The number of rotatable bonds is 8. The van der Waals surface area contributed by atoms with Crippen molar-refractivity contribution in [2.24, 2.45) is 17.8 Å². The highest BCUT2D eigenvalue weighted by Crippen LogP contribution is 2.41. The number of benzene rings is 1. The first-order valence-corrected chi connectivity index (χ1v) is 11.4. The topological polar surface area (TPSA) is 9.23 Å². The van der Waals surface area contributed by atoms with E-state index in [1.54, 1.807) is 5.57 Å². The Morgan fingerprint density at radius 1 is 0.968 bits per heavy atom. The van der Waals surface area contributed by atoms with E-state index in [9.17, 15) is 22.0 Å². The number of hydrogen-bond donors (Lipinski definition) is 0. The molecule has 6 heteroatoms. The van der Waals surface area contributed by atoms with Gasteiger partial charge < -0.3 is 4.74 Å². The van der Waals surface area contributed by atoms with Gasteiger partial charge in [0, 0.05) is 12.1 Å². The van der Waals surface area contributed by atoms with Crippen LogP contribution in [0.4, 0.5) is 22.0 Å². The molecule has 0 heterocycles. The summed E-state index contributed by atoms with van der Waals surface area (Å²) < 4.78 is 73.1. The zero-order chi connectivity index (χ0) is 22.4. The lowest BCUT2D eigenvalue weighted by molar-refractivity contribution is -0.223. The number of alkyl halides is 2. The standard InChI is InChI=1S/C25H31F5O/c1-2-3-4-17-5-7-18(8-6-17)9-10-19-11-13-20(14-12-19)25(29,30)31-21-15-22(26)24(28)23(27)16-21/h5,9-10,15-16,18-20H,2-4,6-8,11-14H2,1H3/b10-9+. The second kappa shape index (κ2) is 10.6. The molecule has 0 N–H and O–H groups in total. The fraction of sp³-hybridized carbons (Fsp3) is 0.600. The van der Waals surface area contributed by atoms with Gasteiger partial charge in [0.05, 0.1) is 5.92 Å². The van der Waals surface area contributed by atoms with Crippen molar-refractivity contribution < 1.29 is 26.7 Å². The molecule has 1 saturated carbocycles. The highest BCUT2D eigenvalue weighted by atomic mass is 19.3. The van der Waals surface area contributed by atoms with Gasteiger partial charge in [-0.25, -0.2) is 13.2 Å². The van der Waals surface area contributed by atoms with Crippen molar-refractivity contribution in [3.63, 3.8) is 0 Å². The van der Waals surface area contributed by atoms with Crippen molar-refractivity contribution in [3.8, 4) is 5.75 Å². The lowest BCUT2D eigenvalue weighted by Gasteiger charge is -2.32. The van der Waals surface area contributed by atoms with Crippen LogP contribution in [0.5, 0.6) is 5.75 Å². The van der Waals surface area contributed by atoms with Crippen LogP contribution in [0.25, 0.3) is 0 Å². The van der Waals surface area contributed by atoms with E-state index in [0.29, 0.717) is 30.9 Å². The Morgan fingerprint density at radius 3 is 2.19 bits per heavy atom. The second-order valence-corrected chi connectivity index (χ2v) is 8.86. The monoisotopic (exact) mass is 442 g/mol. The van der Waals surface area contributed by atoms with Crippen molar-refractivity contribution in [2.75, 3.05) is 0 Å². The number of unbranched alkanes of at least 4 members (excludes halogenated alkanes) is 1. The van der Waals surface area contributed by atoms with E-state index in [2.05, 4.69) is 29.9 Å². The molecule has 2 aliphatic rings. The van der Waals surface area contributed by atoms with Gasteiger partial charge >= 0.3 is 6.11 Å². The SMILES string of the molecule is CCCCC1=CCC(/C=C/C2CCC(C(F)(F)Oc3cc(F)c(F)c(F)c3)CC2)CC1. The van der Waals surface area contributed by atoms with E-state index in [4.69, 9.17) is 0 Å². The minimum Gasteiger partial charge on any atom is -0.432 e. The predicted molar refractivity (Wildman–Crippen MR) is 111 cm³/mol. The van der Waals surface area contributed by atoms with Crippen LogP contribution in [0.2, 0.25) is 0 Å². The van der Waals surface area contributed by atoms with E-state index in [1.807, 2.05) is 0 Å². The lowest BCUT2D eigenvalue weighted by Crippen LogP contribution is -2.37. The molecule has 1 atom stereocenters. The Hall–Kier alpha value is -1.85. The molecule has 172 valence electrons. The molecule has 0 bridgehead atoms. The summed E-state index contributed by atoms with van der Waals surface area (Å²) in [7, 11) is 0. The van der Waals surface area contributed by atoms with Crippen LogP contribution in [-0.2, 0) is 0 Å². The quantitative estimate of drug-likeness (QED) is 0.223. The van der Waals surface area contributed by atoms with Gasteiger partial charge in [-0.1, -0.05) is 37.1 Å². The Labute approximate surface area is 181 Å². The first-order chi connectivity index (χ1) is 14.8. The van der Waals surface area contributed by atoms with Gasteiger partial charge in [0.15, 0.2) is 17.5 Å². The maximum Gasteiger partial charge on any atom is 0.400 e. The van der Waals surface area contributed by atoms with Gasteiger partial charge in [0.2, 0.25) is 0 Å². The van der Waals surface area contributed by atoms with Crippen molar-refractivity contribution in [1.82, 2.24) is 0 Å². The van der Waals surface area contributed by atoms with E-state index in [1.165, 1.54) is 19.3 Å². The van der Waals surface area contributed by atoms with Crippen LogP contribution in [-0.4, -0.2) is 6.11 Å². The molecule has 3 rings (SSSR count). The normalized spacial score (nSPS) is 25.0. The van der Waals surface area contributed by atoms with E-state index in [0.717, 1.165) is 19.3 Å². The average molecular weight is 443 g/mol. The lowest BCUT2D eigenvalue weighted by atomic mass is 9.80. The Balaban J connectivity index is 1.47. The summed E-state index contributed by atoms with van der Waals surface area (Å²) in [6, 6.07) is 0.903. The summed E-state index contributed by atoms with van der Waals surface area (Å²) in [6.45, 7) is 2.20. The molecule has 31 heavy (non-hydrogen) atoms. The molecule has 1 nitrogen and oxygen atoms in total. The van der Waals surface area contributed by atoms with Crippen LogP contribution < -0.4 is 4.74 Å². The second-order valence-electron chi connectivity index (χ2n) is 8.86. The van der Waals surface area contributed by atoms with Crippen molar-refractivity contribution >= 4 is 0 Å². The number of allylic oxidation sites excluding steroid dienone is 4. The van der Waals surface area contributed by atoms with E-state index in [-0.39, 0.29) is 18.8 Å². The molecule has 1 fully saturated rings.